The highest BCUT2D eigenvalue weighted by molar-refractivity contribution is 7.89. The number of hydrogen-bond donors (Lipinski definition) is 0. The molecule has 1 aromatic rings. The molecule has 0 spiro atoms. The lowest BCUT2D eigenvalue weighted by Gasteiger charge is -2.23. The Balaban J connectivity index is 2.23. The molecule has 100 valence electrons. The zero-order valence-corrected chi connectivity index (χ0v) is 12.1. The minimum atomic E-state index is -3.49. The van der Waals surface area contributed by atoms with Gasteiger partial charge in [-0.05, 0) is 37.3 Å². The lowest BCUT2D eigenvalue weighted by molar-refractivity contribution is 0.355. The molecule has 1 saturated carbocycles. The molecule has 4 nitrogen and oxygen atoms in total. The Morgan fingerprint density at radius 1 is 1.50 bits per heavy atom. The minimum absolute atomic E-state index is 0.0319. The van der Waals surface area contributed by atoms with Gasteiger partial charge in [-0.25, -0.2) is 13.4 Å². The first kappa shape index (κ1) is 13.8. The average molecular weight is 289 g/mol. The summed E-state index contributed by atoms with van der Waals surface area (Å²) >= 11 is 5.66. The van der Waals surface area contributed by atoms with Crippen LogP contribution in [0.15, 0.2) is 23.4 Å². The van der Waals surface area contributed by atoms with E-state index in [1.54, 1.807) is 13.1 Å². The van der Waals surface area contributed by atoms with Crippen molar-refractivity contribution in [3.05, 3.63) is 23.9 Å². The number of hydrogen-bond acceptors (Lipinski definition) is 3. The van der Waals surface area contributed by atoms with E-state index in [0.29, 0.717) is 11.8 Å². The number of halogens is 1. The van der Waals surface area contributed by atoms with E-state index in [4.69, 9.17) is 11.6 Å². The number of pyridine rings is 1. The van der Waals surface area contributed by atoms with Crippen LogP contribution >= 0.6 is 11.6 Å². The summed E-state index contributed by atoms with van der Waals surface area (Å²) < 4.78 is 26.1. The Bertz CT molecular complexity index is 511. The molecule has 6 heteroatoms. The Kier molecular flexibility index (Phi) is 3.94. The molecule has 1 fully saturated rings. The highest BCUT2D eigenvalue weighted by Gasteiger charge is 2.36. The summed E-state index contributed by atoms with van der Waals surface area (Å²) in [5, 5.41) is 0.0892. The molecular weight excluding hydrogens is 272 g/mol. The van der Waals surface area contributed by atoms with Crippen molar-refractivity contribution < 1.29 is 8.42 Å². The SMILES string of the molecule is CC(C1CC1)N(C)S(=O)(=O)c1ccc(CCl)cn1. The van der Waals surface area contributed by atoms with Gasteiger partial charge in [0.2, 0.25) is 0 Å². The molecule has 0 bridgehead atoms. The molecule has 1 atom stereocenters. The maximum absolute atomic E-state index is 12.3. The van der Waals surface area contributed by atoms with Gasteiger partial charge < -0.3 is 0 Å². The molecule has 0 aliphatic heterocycles. The summed E-state index contributed by atoms with van der Waals surface area (Å²) in [6.07, 6.45) is 3.73. The summed E-state index contributed by atoms with van der Waals surface area (Å²) in [7, 11) is -1.87. The second kappa shape index (κ2) is 5.15. The quantitative estimate of drug-likeness (QED) is 0.781. The lowest BCUT2D eigenvalue weighted by Crippen LogP contribution is -2.36. The van der Waals surface area contributed by atoms with Crippen molar-refractivity contribution in [1.29, 1.82) is 0 Å². The van der Waals surface area contributed by atoms with E-state index in [2.05, 4.69) is 4.98 Å². The molecule has 1 heterocycles. The molecule has 0 amide bonds. The monoisotopic (exact) mass is 288 g/mol. The molecule has 2 rings (SSSR count). The van der Waals surface area contributed by atoms with Gasteiger partial charge in [-0.2, -0.15) is 4.31 Å². The number of rotatable bonds is 5. The Hall–Kier alpha value is -0.650. The van der Waals surface area contributed by atoms with Gasteiger partial charge in [-0.1, -0.05) is 6.07 Å². The van der Waals surface area contributed by atoms with Gasteiger partial charge in [-0.3, -0.25) is 0 Å². The molecule has 0 aromatic carbocycles. The van der Waals surface area contributed by atoms with Gasteiger partial charge in [0.1, 0.15) is 0 Å². The van der Waals surface area contributed by atoms with Crippen molar-refractivity contribution in [2.75, 3.05) is 7.05 Å². The van der Waals surface area contributed by atoms with E-state index in [9.17, 15) is 8.42 Å². The first-order valence-electron chi connectivity index (χ1n) is 5.95. The first-order valence-corrected chi connectivity index (χ1v) is 7.93. The molecule has 1 aliphatic rings. The standard InChI is InChI=1S/C12H17ClN2O2S/c1-9(11-4-5-11)15(2)18(16,17)12-6-3-10(7-13)8-14-12/h3,6,8-9,11H,4-5,7H2,1-2H3. The smallest absolute Gasteiger partial charge is 0.243 e. The summed E-state index contributed by atoms with van der Waals surface area (Å²) in [6, 6.07) is 3.25. The topological polar surface area (TPSA) is 50.3 Å². The van der Waals surface area contributed by atoms with E-state index in [0.717, 1.165) is 18.4 Å². The molecular formula is C12H17ClN2O2S. The number of aromatic nitrogens is 1. The van der Waals surface area contributed by atoms with Crippen LogP contribution in [0.2, 0.25) is 0 Å². The van der Waals surface area contributed by atoms with Crippen LogP contribution in [-0.2, 0) is 15.9 Å². The van der Waals surface area contributed by atoms with Crippen LogP contribution in [0.3, 0.4) is 0 Å². The fourth-order valence-corrected chi connectivity index (χ4v) is 3.37. The second-order valence-corrected chi connectivity index (χ2v) is 6.95. The maximum atomic E-state index is 12.3. The fraction of sp³-hybridized carbons (Fsp3) is 0.583. The normalized spacial score (nSPS) is 18.0. The van der Waals surface area contributed by atoms with Crippen molar-refractivity contribution in [3.8, 4) is 0 Å². The molecule has 1 unspecified atom stereocenters. The minimum Gasteiger partial charge on any atom is -0.243 e. The molecule has 0 radical (unpaired) electrons. The molecule has 1 aromatic heterocycles. The van der Waals surface area contributed by atoms with Crippen molar-refractivity contribution in [3.63, 3.8) is 0 Å². The highest BCUT2D eigenvalue weighted by Crippen LogP contribution is 2.36. The van der Waals surface area contributed by atoms with Crippen LogP contribution < -0.4 is 0 Å². The zero-order valence-electron chi connectivity index (χ0n) is 10.5. The first-order chi connectivity index (χ1) is 8.46. The highest BCUT2D eigenvalue weighted by atomic mass is 35.5. The Morgan fingerprint density at radius 3 is 2.61 bits per heavy atom. The third-order valence-electron chi connectivity index (χ3n) is 3.47. The van der Waals surface area contributed by atoms with E-state index in [1.165, 1.54) is 16.6 Å². The third-order valence-corrected chi connectivity index (χ3v) is 5.64. The van der Waals surface area contributed by atoms with Crippen LogP contribution in [-0.4, -0.2) is 30.8 Å². The second-order valence-electron chi connectivity index (χ2n) is 4.74. The van der Waals surface area contributed by atoms with E-state index >= 15 is 0 Å². The zero-order chi connectivity index (χ0) is 13.3. The Morgan fingerprint density at radius 2 is 2.17 bits per heavy atom. The third kappa shape index (κ3) is 2.68. The van der Waals surface area contributed by atoms with E-state index < -0.39 is 10.0 Å². The summed E-state index contributed by atoms with van der Waals surface area (Å²) in [6.45, 7) is 1.95. The van der Waals surface area contributed by atoms with Gasteiger partial charge >= 0.3 is 0 Å². The average Bonchev–Trinajstić information content (AvgIpc) is 3.21. The van der Waals surface area contributed by atoms with Crippen molar-refractivity contribution >= 4 is 21.6 Å². The predicted molar refractivity (Wildman–Crippen MR) is 70.9 cm³/mol. The molecule has 1 aliphatic carbocycles. The van der Waals surface area contributed by atoms with Gasteiger partial charge in [0, 0.05) is 25.2 Å². The van der Waals surface area contributed by atoms with Crippen LogP contribution in [0.25, 0.3) is 0 Å². The largest absolute Gasteiger partial charge is 0.260 e. The van der Waals surface area contributed by atoms with Gasteiger partial charge in [-0.15, -0.1) is 11.6 Å². The molecule has 0 saturated heterocycles. The van der Waals surface area contributed by atoms with Crippen LogP contribution in [0.5, 0.6) is 0 Å². The van der Waals surface area contributed by atoms with Gasteiger partial charge in [0.05, 0.1) is 0 Å². The van der Waals surface area contributed by atoms with Crippen LogP contribution in [0, 0.1) is 5.92 Å². The van der Waals surface area contributed by atoms with Gasteiger partial charge in [0.25, 0.3) is 10.0 Å². The number of sulfonamides is 1. The maximum Gasteiger partial charge on any atom is 0.260 e. The molecule has 0 N–H and O–H groups in total. The Labute approximate surface area is 113 Å². The number of alkyl halides is 1. The van der Waals surface area contributed by atoms with Gasteiger partial charge in [0.15, 0.2) is 5.03 Å². The van der Waals surface area contributed by atoms with Crippen LogP contribution in [0.4, 0.5) is 0 Å². The number of nitrogens with zero attached hydrogens (tertiary/aromatic N) is 2. The summed E-state index contributed by atoms with van der Waals surface area (Å²) in [4.78, 5) is 3.99. The summed E-state index contributed by atoms with van der Waals surface area (Å²) in [5.74, 6) is 0.827. The van der Waals surface area contributed by atoms with Crippen molar-refractivity contribution in [2.45, 2.75) is 36.7 Å². The predicted octanol–water partition coefficient (Wildman–Crippen LogP) is 2.24. The fourth-order valence-electron chi connectivity index (χ4n) is 1.88. The van der Waals surface area contributed by atoms with Crippen LogP contribution in [0.1, 0.15) is 25.3 Å². The van der Waals surface area contributed by atoms with Crippen molar-refractivity contribution in [2.24, 2.45) is 5.92 Å². The van der Waals surface area contributed by atoms with E-state index in [1.807, 2.05) is 6.92 Å². The summed E-state index contributed by atoms with van der Waals surface area (Å²) in [5.41, 5.74) is 0.813. The lowest BCUT2D eigenvalue weighted by atomic mass is 10.2. The van der Waals surface area contributed by atoms with E-state index in [-0.39, 0.29) is 11.1 Å². The molecule has 18 heavy (non-hydrogen) atoms. The van der Waals surface area contributed by atoms with Crippen molar-refractivity contribution in [1.82, 2.24) is 9.29 Å².